The maximum absolute atomic E-state index is 13.5. The van der Waals surface area contributed by atoms with Crippen LogP contribution < -0.4 is 20.3 Å². The molecule has 0 unspecified atom stereocenters. The first-order chi connectivity index (χ1) is 19.8. The minimum atomic E-state index is -0.379. The van der Waals surface area contributed by atoms with Crippen molar-refractivity contribution in [1.29, 1.82) is 0 Å². The molecule has 2 aromatic carbocycles. The van der Waals surface area contributed by atoms with Crippen molar-refractivity contribution in [1.82, 2.24) is 19.4 Å². The third-order valence-electron chi connectivity index (χ3n) is 7.38. The van der Waals surface area contributed by atoms with Gasteiger partial charge in [0.25, 0.3) is 11.5 Å². The number of hydrogen-bond donors (Lipinski definition) is 1. The van der Waals surface area contributed by atoms with Gasteiger partial charge in [-0.2, -0.15) is 0 Å². The first kappa shape index (κ1) is 27.3. The average Bonchev–Trinajstić information content (AvgIpc) is 3.56. The monoisotopic (exact) mass is 593 g/mol. The second kappa shape index (κ2) is 11.2. The number of halogens is 1. The Bertz CT molecular complexity index is 1730. The number of carbonyl (C=O) groups is 2. The van der Waals surface area contributed by atoms with E-state index in [4.69, 9.17) is 21.1 Å². The minimum Gasteiger partial charge on any atom is -0.454 e. The van der Waals surface area contributed by atoms with Crippen LogP contribution in [0.3, 0.4) is 0 Å². The summed E-state index contributed by atoms with van der Waals surface area (Å²) in [4.78, 5) is 49.0. The fourth-order valence-corrected chi connectivity index (χ4v) is 6.34. The lowest BCUT2D eigenvalue weighted by atomic mass is 10.1. The maximum Gasteiger partial charge on any atom is 0.264 e. The van der Waals surface area contributed by atoms with E-state index >= 15 is 0 Å². The molecule has 4 aromatic rings. The quantitative estimate of drug-likeness (QED) is 0.359. The van der Waals surface area contributed by atoms with E-state index < -0.39 is 0 Å². The molecular formula is C29H28ClN5O5S. The molecule has 0 spiro atoms. The number of rotatable bonds is 6. The molecular weight excluding hydrogens is 566 g/mol. The lowest BCUT2D eigenvalue weighted by Gasteiger charge is -2.34. The number of anilines is 1. The second-order valence-corrected chi connectivity index (χ2v) is 11.6. The van der Waals surface area contributed by atoms with Gasteiger partial charge in [0.2, 0.25) is 12.7 Å². The van der Waals surface area contributed by atoms with Gasteiger partial charge in [-0.05, 0) is 54.8 Å². The highest BCUT2D eigenvalue weighted by Gasteiger charge is 2.27. The number of nitrogens with one attached hydrogen (secondary N) is 1. The van der Waals surface area contributed by atoms with Crippen molar-refractivity contribution in [3.63, 3.8) is 0 Å². The highest BCUT2D eigenvalue weighted by Crippen LogP contribution is 2.33. The summed E-state index contributed by atoms with van der Waals surface area (Å²) in [5.74, 6) is 1.05. The Balaban J connectivity index is 1.11. The molecule has 0 bridgehead atoms. The van der Waals surface area contributed by atoms with Gasteiger partial charge in [-0.1, -0.05) is 23.7 Å². The SMILES string of the molecule is Cc1ccc(NC(=O)Cn2cnc3sc(C(=O)N4CCN(Cc5ccc6c(c5)OCO6)CC4)c(C)c3c2=O)cc1Cl. The van der Waals surface area contributed by atoms with E-state index in [0.29, 0.717) is 44.5 Å². The maximum atomic E-state index is 13.5. The van der Waals surface area contributed by atoms with Gasteiger partial charge in [0, 0.05) is 43.4 Å². The van der Waals surface area contributed by atoms with Crippen LogP contribution in [0, 0.1) is 13.8 Å². The van der Waals surface area contributed by atoms with Crippen LogP contribution >= 0.6 is 22.9 Å². The smallest absolute Gasteiger partial charge is 0.264 e. The predicted octanol–water partition coefficient (Wildman–Crippen LogP) is 4.05. The summed E-state index contributed by atoms with van der Waals surface area (Å²) >= 11 is 7.37. The van der Waals surface area contributed by atoms with Gasteiger partial charge in [-0.25, -0.2) is 4.98 Å². The summed E-state index contributed by atoms with van der Waals surface area (Å²) < 4.78 is 12.1. The second-order valence-electron chi connectivity index (χ2n) is 10.2. The molecule has 6 rings (SSSR count). The molecule has 2 aliphatic rings. The predicted molar refractivity (Wildman–Crippen MR) is 157 cm³/mol. The Labute approximate surface area is 245 Å². The Kier molecular flexibility index (Phi) is 7.41. The summed E-state index contributed by atoms with van der Waals surface area (Å²) in [6, 6.07) is 11.2. The van der Waals surface area contributed by atoms with Gasteiger partial charge >= 0.3 is 0 Å². The number of aryl methyl sites for hydroxylation is 2. The van der Waals surface area contributed by atoms with E-state index in [1.165, 1.54) is 22.2 Å². The molecule has 2 aliphatic heterocycles. The Morgan fingerprint density at radius 2 is 1.83 bits per heavy atom. The first-order valence-electron chi connectivity index (χ1n) is 13.2. The lowest BCUT2D eigenvalue weighted by molar-refractivity contribution is -0.116. The number of fused-ring (bicyclic) bond motifs is 2. The fourth-order valence-electron chi connectivity index (χ4n) is 5.05. The molecule has 0 saturated carbocycles. The Morgan fingerprint density at radius 3 is 2.61 bits per heavy atom. The molecule has 0 atom stereocenters. The molecule has 12 heteroatoms. The van der Waals surface area contributed by atoms with E-state index in [9.17, 15) is 14.4 Å². The van der Waals surface area contributed by atoms with Gasteiger partial charge in [0.05, 0.1) is 16.6 Å². The van der Waals surface area contributed by atoms with Crippen LogP contribution in [0.25, 0.3) is 10.2 Å². The summed E-state index contributed by atoms with van der Waals surface area (Å²) in [6.07, 6.45) is 1.35. The zero-order valence-electron chi connectivity index (χ0n) is 22.6. The minimum absolute atomic E-state index is 0.104. The highest BCUT2D eigenvalue weighted by atomic mass is 35.5. The molecule has 1 N–H and O–H groups in total. The average molecular weight is 594 g/mol. The van der Waals surface area contributed by atoms with Gasteiger partial charge in [-0.15, -0.1) is 11.3 Å². The van der Waals surface area contributed by atoms with Crippen LogP contribution in [-0.2, 0) is 17.9 Å². The van der Waals surface area contributed by atoms with Crippen LogP contribution in [0.2, 0.25) is 5.02 Å². The molecule has 212 valence electrons. The van der Waals surface area contributed by atoms with Crippen LogP contribution in [-0.4, -0.2) is 64.1 Å². The number of piperazine rings is 1. The summed E-state index contributed by atoms with van der Waals surface area (Å²) in [5, 5.41) is 3.67. The summed E-state index contributed by atoms with van der Waals surface area (Å²) in [7, 11) is 0. The van der Waals surface area contributed by atoms with Gasteiger partial charge in [-0.3, -0.25) is 23.9 Å². The third-order valence-corrected chi connectivity index (χ3v) is 8.98. The largest absolute Gasteiger partial charge is 0.454 e. The topological polar surface area (TPSA) is 106 Å². The molecule has 10 nitrogen and oxygen atoms in total. The van der Waals surface area contributed by atoms with Crippen molar-refractivity contribution in [2.24, 2.45) is 0 Å². The number of amides is 2. The zero-order chi connectivity index (χ0) is 28.7. The Hall–Kier alpha value is -3.93. The fraction of sp³-hybridized carbons (Fsp3) is 0.310. The summed E-state index contributed by atoms with van der Waals surface area (Å²) in [6.45, 7) is 7.07. The van der Waals surface area contributed by atoms with Crippen molar-refractivity contribution in [2.75, 3.05) is 38.3 Å². The first-order valence-corrected chi connectivity index (χ1v) is 14.4. The van der Waals surface area contributed by atoms with Crippen molar-refractivity contribution in [3.05, 3.63) is 79.7 Å². The number of aromatic nitrogens is 2. The van der Waals surface area contributed by atoms with Gasteiger partial charge in [0.15, 0.2) is 11.5 Å². The number of nitrogens with zero attached hydrogens (tertiary/aromatic N) is 4. The zero-order valence-corrected chi connectivity index (χ0v) is 24.2. The number of benzene rings is 2. The van der Waals surface area contributed by atoms with E-state index in [2.05, 4.69) is 15.2 Å². The van der Waals surface area contributed by atoms with E-state index in [1.54, 1.807) is 19.1 Å². The van der Waals surface area contributed by atoms with Crippen molar-refractivity contribution in [3.8, 4) is 11.5 Å². The molecule has 41 heavy (non-hydrogen) atoms. The van der Waals surface area contributed by atoms with Crippen LogP contribution in [0.4, 0.5) is 5.69 Å². The number of ether oxygens (including phenoxy) is 2. The van der Waals surface area contributed by atoms with Crippen molar-refractivity contribution < 1.29 is 19.1 Å². The highest BCUT2D eigenvalue weighted by molar-refractivity contribution is 7.20. The lowest BCUT2D eigenvalue weighted by Crippen LogP contribution is -2.48. The summed E-state index contributed by atoms with van der Waals surface area (Å²) in [5.41, 5.74) is 2.82. The molecule has 2 aromatic heterocycles. The standard InChI is InChI=1S/C29H28ClN5O5S/c1-17-3-5-20(12-21(17)30)32-24(36)14-35-15-31-27-25(28(35)37)18(2)26(41-27)29(38)34-9-7-33(8-10-34)13-19-4-6-22-23(11-19)40-16-39-22/h3-6,11-12,15H,7-10,13-14,16H2,1-2H3,(H,32,36). The normalized spacial score (nSPS) is 15.0. The van der Waals surface area contributed by atoms with E-state index in [-0.39, 0.29) is 30.7 Å². The molecule has 4 heterocycles. The molecule has 0 radical (unpaired) electrons. The molecule has 2 amide bonds. The van der Waals surface area contributed by atoms with Crippen LogP contribution in [0.5, 0.6) is 11.5 Å². The number of carbonyl (C=O) groups excluding carboxylic acids is 2. The van der Waals surface area contributed by atoms with E-state index in [1.807, 2.05) is 36.1 Å². The van der Waals surface area contributed by atoms with Crippen molar-refractivity contribution in [2.45, 2.75) is 26.9 Å². The van der Waals surface area contributed by atoms with Gasteiger partial charge in [0.1, 0.15) is 11.4 Å². The number of thiophene rings is 1. The van der Waals surface area contributed by atoms with E-state index in [0.717, 1.165) is 42.3 Å². The van der Waals surface area contributed by atoms with Crippen LogP contribution in [0.1, 0.15) is 26.4 Å². The number of hydrogen-bond acceptors (Lipinski definition) is 8. The van der Waals surface area contributed by atoms with Crippen LogP contribution in [0.15, 0.2) is 47.5 Å². The van der Waals surface area contributed by atoms with Crippen molar-refractivity contribution >= 4 is 50.7 Å². The molecule has 1 fully saturated rings. The molecule has 0 aliphatic carbocycles. The third kappa shape index (κ3) is 5.52. The molecule has 1 saturated heterocycles. The Morgan fingerprint density at radius 1 is 1.05 bits per heavy atom. The van der Waals surface area contributed by atoms with Gasteiger partial charge < -0.3 is 19.7 Å².